The Kier molecular flexibility index (Phi) is 2.85. The van der Waals surface area contributed by atoms with Gasteiger partial charge in [-0.15, -0.1) is 0 Å². The van der Waals surface area contributed by atoms with Crippen LogP contribution < -0.4 is 5.32 Å². The summed E-state index contributed by atoms with van der Waals surface area (Å²) < 4.78 is 12.6. The van der Waals surface area contributed by atoms with Crippen molar-refractivity contribution in [3.05, 3.63) is 30.1 Å². The molecule has 1 aromatic rings. The van der Waals surface area contributed by atoms with Gasteiger partial charge in [0.05, 0.1) is 5.71 Å². The molecule has 1 N–H and O–H groups in total. The molecule has 0 unspecified atom stereocenters. The van der Waals surface area contributed by atoms with Gasteiger partial charge in [0.1, 0.15) is 11.7 Å². The minimum atomic E-state index is -0.356. The van der Waals surface area contributed by atoms with Gasteiger partial charge in [0.25, 0.3) is 0 Å². The predicted molar refractivity (Wildman–Crippen MR) is 57.6 cm³/mol. The van der Waals surface area contributed by atoms with Crippen LogP contribution in [0.1, 0.15) is 6.92 Å². The largest absolute Gasteiger partial charge is 0.384 e. The lowest BCUT2D eigenvalue weighted by molar-refractivity contribution is -0.143. The van der Waals surface area contributed by atoms with Crippen molar-refractivity contribution in [2.75, 3.05) is 11.9 Å². The first-order valence-electron chi connectivity index (χ1n) is 4.91. The van der Waals surface area contributed by atoms with Crippen LogP contribution in [-0.4, -0.2) is 18.2 Å². The number of halogens is 1. The summed E-state index contributed by atoms with van der Waals surface area (Å²) >= 11 is 0. The average molecular weight is 222 g/mol. The number of hydrogen-bond acceptors (Lipinski definition) is 4. The molecule has 1 heterocycles. The Bertz CT molecular complexity index is 428. The van der Waals surface area contributed by atoms with Crippen molar-refractivity contribution >= 4 is 17.4 Å². The maximum absolute atomic E-state index is 12.6. The van der Waals surface area contributed by atoms with E-state index in [1.165, 1.54) is 12.1 Å². The van der Waals surface area contributed by atoms with Crippen LogP contribution in [0, 0.1) is 11.7 Å². The molecular weight excluding hydrogens is 211 g/mol. The number of oxime groups is 1. The zero-order valence-electron chi connectivity index (χ0n) is 8.74. The van der Waals surface area contributed by atoms with Gasteiger partial charge in [-0.3, -0.25) is 0 Å². The summed E-state index contributed by atoms with van der Waals surface area (Å²) in [5.41, 5.74) is 1.41. The molecule has 0 radical (unpaired) electrons. The van der Waals surface area contributed by atoms with E-state index < -0.39 is 0 Å². The Morgan fingerprint density at radius 3 is 2.69 bits per heavy atom. The molecule has 0 bridgehead atoms. The van der Waals surface area contributed by atoms with E-state index in [1.807, 2.05) is 0 Å². The molecule has 0 saturated carbocycles. The van der Waals surface area contributed by atoms with Gasteiger partial charge in [-0.05, 0) is 31.2 Å². The van der Waals surface area contributed by atoms with Crippen molar-refractivity contribution in [1.82, 2.24) is 0 Å². The first-order valence-corrected chi connectivity index (χ1v) is 4.91. The zero-order valence-corrected chi connectivity index (χ0v) is 8.74. The quantitative estimate of drug-likeness (QED) is 0.793. The number of nitrogens with one attached hydrogen (secondary N) is 1. The number of benzene rings is 1. The highest BCUT2D eigenvalue weighted by Crippen LogP contribution is 2.14. The molecule has 84 valence electrons. The number of carbonyl (C=O) groups is 1. The predicted octanol–water partition coefficient (Wildman–Crippen LogP) is 1.79. The number of anilines is 1. The lowest BCUT2D eigenvalue weighted by Crippen LogP contribution is -2.25. The van der Waals surface area contributed by atoms with E-state index in [9.17, 15) is 9.18 Å². The Hall–Kier alpha value is -1.91. The van der Waals surface area contributed by atoms with Crippen LogP contribution in [0.5, 0.6) is 0 Å². The first-order chi connectivity index (χ1) is 7.66. The molecule has 16 heavy (non-hydrogen) atoms. The van der Waals surface area contributed by atoms with E-state index in [0.717, 1.165) is 5.69 Å². The van der Waals surface area contributed by atoms with E-state index >= 15 is 0 Å². The second kappa shape index (κ2) is 4.30. The molecule has 2 rings (SSSR count). The van der Waals surface area contributed by atoms with Crippen molar-refractivity contribution < 1.29 is 14.0 Å². The minimum absolute atomic E-state index is 0.288. The standard InChI is InChI=1S/C11H11FN2O2/c1-7-10(11(15)16-14-7)6-13-9-4-2-8(12)3-5-9/h2-5,10,13H,6H2,1H3/t10-/m1/s1. The second-order valence-corrected chi connectivity index (χ2v) is 3.58. The average Bonchev–Trinajstić information content (AvgIpc) is 2.59. The summed E-state index contributed by atoms with van der Waals surface area (Å²) in [4.78, 5) is 15.8. The molecule has 1 aliphatic heterocycles. The van der Waals surface area contributed by atoms with Crippen LogP contribution in [0.4, 0.5) is 10.1 Å². The van der Waals surface area contributed by atoms with E-state index in [0.29, 0.717) is 12.3 Å². The Morgan fingerprint density at radius 1 is 1.44 bits per heavy atom. The molecule has 5 heteroatoms. The molecule has 0 saturated heterocycles. The maximum Gasteiger partial charge on any atom is 0.345 e. The SMILES string of the molecule is CC1=NOC(=O)[C@@H]1CNc1ccc(F)cc1. The fourth-order valence-corrected chi connectivity index (χ4v) is 1.43. The van der Waals surface area contributed by atoms with Crippen LogP contribution in [0.25, 0.3) is 0 Å². The van der Waals surface area contributed by atoms with Gasteiger partial charge in [0.2, 0.25) is 0 Å². The van der Waals surface area contributed by atoms with Crippen LogP contribution in [-0.2, 0) is 9.63 Å². The number of hydrogen-bond donors (Lipinski definition) is 1. The highest BCUT2D eigenvalue weighted by Gasteiger charge is 2.29. The Labute approximate surface area is 92.1 Å². The number of rotatable bonds is 3. The molecule has 1 aliphatic rings. The van der Waals surface area contributed by atoms with Gasteiger partial charge in [-0.2, -0.15) is 0 Å². The van der Waals surface area contributed by atoms with Crippen molar-refractivity contribution in [3.63, 3.8) is 0 Å². The third-order valence-corrected chi connectivity index (χ3v) is 2.42. The minimum Gasteiger partial charge on any atom is -0.384 e. The van der Waals surface area contributed by atoms with Gasteiger partial charge >= 0.3 is 5.97 Å². The van der Waals surface area contributed by atoms with Gasteiger partial charge in [-0.1, -0.05) is 5.16 Å². The van der Waals surface area contributed by atoms with Gasteiger partial charge < -0.3 is 10.2 Å². The highest BCUT2D eigenvalue weighted by atomic mass is 19.1. The molecule has 0 spiro atoms. The zero-order chi connectivity index (χ0) is 11.5. The third-order valence-electron chi connectivity index (χ3n) is 2.42. The van der Waals surface area contributed by atoms with Crippen molar-refractivity contribution in [2.45, 2.75) is 6.92 Å². The van der Waals surface area contributed by atoms with Gasteiger partial charge in [0, 0.05) is 12.2 Å². The smallest absolute Gasteiger partial charge is 0.345 e. The van der Waals surface area contributed by atoms with Gasteiger partial charge in [0.15, 0.2) is 0 Å². The molecule has 0 amide bonds. The van der Waals surface area contributed by atoms with Crippen molar-refractivity contribution in [1.29, 1.82) is 0 Å². The summed E-state index contributed by atoms with van der Waals surface area (Å²) in [7, 11) is 0. The Balaban J connectivity index is 1.95. The molecule has 0 fully saturated rings. The van der Waals surface area contributed by atoms with E-state index in [2.05, 4.69) is 15.3 Å². The van der Waals surface area contributed by atoms with Crippen LogP contribution in [0.2, 0.25) is 0 Å². The summed E-state index contributed by atoms with van der Waals surface area (Å²) in [6, 6.07) is 5.94. The lowest BCUT2D eigenvalue weighted by atomic mass is 10.1. The monoisotopic (exact) mass is 222 g/mol. The van der Waals surface area contributed by atoms with Crippen LogP contribution in [0.15, 0.2) is 29.4 Å². The number of nitrogens with zero attached hydrogens (tertiary/aromatic N) is 1. The lowest BCUT2D eigenvalue weighted by Gasteiger charge is -2.09. The first kappa shape index (κ1) is 10.6. The third kappa shape index (κ3) is 2.18. The van der Waals surface area contributed by atoms with Crippen LogP contribution >= 0.6 is 0 Å². The molecular formula is C11H11FN2O2. The number of carbonyl (C=O) groups excluding carboxylic acids is 1. The van der Waals surface area contributed by atoms with Crippen molar-refractivity contribution in [2.24, 2.45) is 11.1 Å². The maximum atomic E-state index is 12.6. The fourth-order valence-electron chi connectivity index (χ4n) is 1.43. The summed E-state index contributed by atoms with van der Waals surface area (Å²) in [6.07, 6.45) is 0. The van der Waals surface area contributed by atoms with Gasteiger partial charge in [-0.25, -0.2) is 9.18 Å². The van der Waals surface area contributed by atoms with E-state index in [1.54, 1.807) is 19.1 Å². The van der Waals surface area contributed by atoms with E-state index in [4.69, 9.17) is 0 Å². The summed E-state index contributed by atoms with van der Waals surface area (Å²) in [5.74, 6) is -0.999. The fraction of sp³-hybridized carbons (Fsp3) is 0.273. The normalized spacial score (nSPS) is 19.2. The molecule has 1 atom stereocenters. The second-order valence-electron chi connectivity index (χ2n) is 3.58. The van der Waals surface area contributed by atoms with Crippen molar-refractivity contribution in [3.8, 4) is 0 Å². The molecule has 0 aliphatic carbocycles. The summed E-state index contributed by atoms with van der Waals surface area (Å²) in [5, 5.41) is 6.62. The van der Waals surface area contributed by atoms with Crippen LogP contribution in [0.3, 0.4) is 0 Å². The molecule has 4 nitrogen and oxygen atoms in total. The molecule has 1 aromatic carbocycles. The van der Waals surface area contributed by atoms with E-state index in [-0.39, 0.29) is 17.7 Å². The Morgan fingerprint density at radius 2 is 2.12 bits per heavy atom. The summed E-state index contributed by atoms with van der Waals surface area (Å²) in [6.45, 7) is 2.14. The topological polar surface area (TPSA) is 50.7 Å². The molecule has 0 aromatic heterocycles. The highest BCUT2D eigenvalue weighted by molar-refractivity contribution is 6.04.